The van der Waals surface area contributed by atoms with Crippen LogP contribution >= 0.6 is 0 Å². The highest BCUT2D eigenvalue weighted by Gasteiger charge is 2.23. The lowest BCUT2D eigenvalue weighted by Gasteiger charge is -2.18. The summed E-state index contributed by atoms with van der Waals surface area (Å²) in [5.74, 6) is -0.328. The van der Waals surface area contributed by atoms with Gasteiger partial charge in [0.15, 0.2) is 6.10 Å². The van der Waals surface area contributed by atoms with Gasteiger partial charge in [0.2, 0.25) is 10.0 Å². The van der Waals surface area contributed by atoms with E-state index in [0.29, 0.717) is 5.56 Å². The molecule has 1 amide bonds. The molecule has 134 valence electrons. The van der Waals surface area contributed by atoms with Crippen LogP contribution in [0.3, 0.4) is 0 Å². The molecular formula is C18H22N2O4S. The molecule has 1 atom stereocenters. The maximum Gasteiger partial charge on any atom is 0.254 e. The number of ether oxygens (including phenoxy) is 1. The molecule has 0 aliphatic heterocycles. The normalized spacial score (nSPS) is 12.8. The first-order valence-electron chi connectivity index (χ1n) is 7.74. The predicted molar refractivity (Wildman–Crippen MR) is 95.4 cm³/mol. The molecule has 0 spiro atoms. The molecule has 2 rings (SSSR count). The zero-order valence-electron chi connectivity index (χ0n) is 14.5. The van der Waals surface area contributed by atoms with Crippen LogP contribution in [-0.4, -0.2) is 39.8 Å². The van der Waals surface area contributed by atoms with E-state index in [2.05, 4.69) is 5.32 Å². The summed E-state index contributed by atoms with van der Waals surface area (Å²) in [7, 11) is 0.824. The molecule has 2 aromatic carbocycles. The zero-order chi connectivity index (χ0) is 18.4. The summed E-state index contributed by atoms with van der Waals surface area (Å²) in [5.41, 5.74) is 1.25. The molecule has 7 heteroatoms. The number of benzene rings is 2. The Bertz CT molecular complexity index is 820. The Morgan fingerprint density at radius 1 is 1.08 bits per heavy atom. The van der Waals surface area contributed by atoms with Gasteiger partial charge in [0.05, 0.1) is 4.90 Å². The van der Waals surface area contributed by atoms with Crippen LogP contribution in [0, 0.1) is 0 Å². The lowest BCUT2D eigenvalue weighted by Crippen LogP contribution is -2.31. The molecule has 1 N–H and O–H groups in total. The standard InChI is InChI=1S/C18H22N2O4S/c1-20(2)25(22,23)16-12-8-7-11-15(16)13-19-18(21)17(24-3)14-9-5-4-6-10-14/h4-12,17H,13H2,1-3H3,(H,19,21). The molecule has 1 unspecified atom stereocenters. The van der Waals surface area contributed by atoms with Crippen LogP contribution in [0.15, 0.2) is 59.5 Å². The van der Waals surface area contributed by atoms with Gasteiger partial charge in [-0.25, -0.2) is 12.7 Å². The van der Waals surface area contributed by atoms with E-state index in [9.17, 15) is 13.2 Å². The molecule has 6 nitrogen and oxygen atoms in total. The van der Waals surface area contributed by atoms with E-state index in [1.165, 1.54) is 27.3 Å². The van der Waals surface area contributed by atoms with E-state index in [-0.39, 0.29) is 17.3 Å². The Hall–Kier alpha value is -2.22. The van der Waals surface area contributed by atoms with Crippen molar-refractivity contribution in [3.8, 4) is 0 Å². The van der Waals surface area contributed by atoms with E-state index in [1.54, 1.807) is 30.3 Å². The maximum atomic E-state index is 12.4. The van der Waals surface area contributed by atoms with Crippen LogP contribution in [0.1, 0.15) is 17.2 Å². The Morgan fingerprint density at radius 3 is 2.28 bits per heavy atom. The average molecular weight is 362 g/mol. The highest BCUT2D eigenvalue weighted by molar-refractivity contribution is 7.89. The molecule has 0 heterocycles. The van der Waals surface area contributed by atoms with E-state index in [4.69, 9.17) is 4.74 Å². The lowest BCUT2D eigenvalue weighted by atomic mass is 10.1. The first-order valence-corrected chi connectivity index (χ1v) is 9.18. The fourth-order valence-corrected chi connectivity index (χ4v) is 3.51. The summed E-state index contributed by atoms with van der Waals surface area (Å²) in [4.78, 5) is 12.6. The van der Waals surface area contributed by atoms with E-state index < -0.39 is 16.1 Å². The number of nitrogens with zero attached hydrogens (tertiary/aromatic N) is 1. The van der Waals surface area contributed by atoms with E-state index in [1.807, 2.05) is 18.2 Å². The van der Waals surface area contributed by atoms with Crippen molar-refractivity contribution >= 4 is 15.9 Å². The number of amides is 1. The van der Waals surface area contributed by atoms with Crippen molar-refractivity contribution in [2.75, 3.05) is 21.2 Å². The number of rotatable bonds is 7. The van der Waals surface area contributed by atoms with Gasteiger partial charge in [0, 0.05) is 27.7 Å². The minimum Gasteiger partial charge on any atom is -0.367 e. The van der Waals surface area contributed by atoms with Crippen LogP contribution in [0.25, 0.3) is 0 Å². The topological polar surface area (TPSA) is 75.7 Å². The summed E-state index contributed by atoms with van der Waals surface area (Å²) in [6.45, 7) is 0.0920. The number of carbonyl (C=O) groups is 1. The highest BCUT2D eigenvalue weighted by atomic mass is 32.2. The van der Waals surface area contributed by atoms with Crippen molar-refractivity contribution in [3.05, 3.63) is 65.7 Å². The molecule has 2 aromatic rings. The van der Waals surface area contributed by atoms with Gasteiger partial charge in [-0.2, -0.15) is 0 Å². The molecule has 0 saturated heterocycles. The van der Waals surface area contributed by atoms with Gasteiger partial charge in [-0.3, -0.25) is 4.79 Å². The third-order valence-corrected chi connectivity index (χ3v) is 5.68. The first kappa shape index (κ1) is 19.1. The maximum absolute atomic E-state index is 12.4. The molecule has 0 saturated carbocycles. The third-order valence-electron chi connectivity index (χ3n) is 3.76. The second-order valence-corrected chi connectivity index (χ2v) is 7.76. The van der Waals surface area contributed by atoms with Gasteiger partial charge in [-0.15, -0.1) is 0 Å². The fourth-order valence-electron chi connectivity index (χ4n) is 2.40. The summed E-state index contributed by atoms with van der Waals surface area (Å²) < 4.78 is 31.2. The van der Waals surface area contributed by atoms with Gasteiger partial charge in [0.1, 0.15) is 0 Å². The first-order chi connectivity index (χ1) is 11.9. The minimum absolute atomic E-state index is 0.0920. The summed E-state index contributed by atoms with van der Waals surface area (Å²) in [5, 5.41) is 2.75. The second-order valence-electron chi connectivity index (χ2n) is 5.64. The molecule has 0 radical (unpaired) electrons. The van der Waals surface area contributed by atoms with Gasteiger partial charge < -0.3 is 10.1 Å². The van der Waals surface area contributed by atoms with Crippen LogP contribution in [0.4, 0.5) is 0 Å². The number of carbonyl (C=O) groups excluding carboxylic acids is 1. The number of methoxy groups -OCH3 is 1. The predicted octanol–water partition coefficient (Wildman–Crippen LogP) is 1.94. The molecule has 0 aliphatic carbocycles. The van der Waals surface area contributed by atoms with Crippen molar-refractivity contribution in [2.45, 2.75) is 17.5 Å². The summed E-state index contributed by atoms with van der Waals surface area (Å²) >= 11 is 0. The second kappa shape index (κ2) is 8.24. The molecule has 25 heavy (non-hydrogen) atoms. The van der Waals surface area contributed by atoms with Crippen LogP contribution in [-0.2, 0) is 26.1 Å². The summed E-state index contributed by atoms with van der Waals surface area (Å²) in [6, 6.07) is 15.7. The molecule has 0 aliphatic rings. The lowest BCUT2D eigenvalue weighted by molar-refractivity contribution is -0.131. The van der Waals surface area contributed by atoms with Gasteiger partial charge in [-0.1, -0.05) is 48.5 Å². The largest absolute Gasteiger partial charge is 0.367 e. The van der Waals surface area contributed by atoms with Crippen molar-refractivity contribution in [1.82, 2.24) is 9.62 Å². The number of hydrogen-bond donors (Lipinski definition) is 1. The Morgan fingerprint density at radius 2 is 1.68 bits per heavy atom. The summed E-state index contributed by atoms with van der Waals surface area (Å²) in [6.07, 6.45) is -0.751. The van der Waals surface area contributed by atoms with Crippen molar-refractivity contribution in [2.24, 2.45) is 0 Å². The number of sulfonamides is 1. The van der Waals surface area contributed by atoms with Gasteiger partial charge in [0.25, 0.3) is 5.91 Å². The smallest absolute Gasteiger partial charge is 0.254 e. The third kappa shape index (κ3) is 4.45. The highest BCUT2D eigenvalue weighted by Crippen LogP contribution is 2.20. The zero-order valence-corrected chi connectivity index (χ0v) is 15.3. The number of nitrogens with one attached hydrogen (secondary N) is 1. The van der Waals surface area contributed by atoms with Crippen LogP contribution in [0.5, 0.6) is 0 Å². The fraction of sp³-hybridized carbons (Fsp3) is 0.278. The Labute approximate surface area is 148 Å². The van der Waals surface area contributed by atoms with Crippen molar-refractivity contribution in [1.29, 1.82) is 0 Å². The SMILES string of the molecule is COC(C(=O)NCc1ccccc1S(=O)(=O)N(C)C)c1ccccc1. The van der Waals surface area contributed by atoms with Crippen LogP contribution < -0.4 is 5.32 Å². The quantitative estimate of drug-likeness (QED) is 0.817. The minimum atomic E-state index is -3.58. The molecule has 0 aromatic heterocycles. The molecule has 0 bridgehead atoms. The molecule has 0 fully saturated rings. The van der Waals surface area contributed by atoms with Crippen molar-refractivity contribution < 1.29 is 17.9 Å². The van der Waals surface area contributed by atoms with E-state index in [0.717, 1.165) is 9.87 Å². The Kier molecular flexibility index (Phi) is 6.30. The van der Waals surface area contributed by atoms with Crippen molar-refractivity contribution in [3.63, 3.8) is 0 Å². The Balaban J connectivity index is 2.18. The van der Waals surface area contributed by atoms with Crippen LogP contribution in [0.2, 0.25) is 0 Å². The number of hydrogen-bond acceptors (Lipinski definition) is 4. The van der Waals surface area contributed by atoms with E-state index >= 15 is 0 Å². The monoisotopic (exact) mass is 362 g/mol. The average Bonchev–Trinajstić information content (AvgIpc) is 2.61. The molecular weight excluding hydrogens is 340 g/mol. The van der Waals surface area contributed by atoms with Gasteiger partial charge >= 0.3 is 0 Å². The van der Waals surface area contributed by atoms with Gasteiger partial charge in [-0.05, 0) is 17.2 Å².